The monoisotopic (exact) mass is 480 g/mol. The third kappa shape index (κ3) is 2.10. The van der Waals surface area contributed by atoms with Gasteiger partial charge in [-0.25, -0.2) is 0 Å². The van der Waals surface area contributed by atoms with Crippen molar-refractivity contribution in [3.8, 4) is 5.75 Å². The maximum absolute atomic E-state index is 10.6. The molecule has 1 aromatic rings. The van der Waals surface area contributed by atoms with Gasteiger partial charge in [-0.1, -0.05) is 61.6 Å². The van der Waals surface area contributed by atoms with Gasteiger partial charge in [0.1, 0.15) is 11.4 Å². The van der Waals surface area contributed by atoms with E-state index in [9.17, 15) is 5.11 Å². The van der Waals surface area contributed by atoms with Crippen LogP contribution < -0.4 is 4.74 Å². The quantitative estimate of drug-likeness (QED) is 0.537. The largest absolute Gasteiger partial charge is 0.484 e. The Kier molecular flexibility index (Phi) is 3.84. The maximum Gasteiger partial charge on any atom is 0.137 e. The topological polar surface area (TPSA) is 29.5 Å². The Bertz CT molecular complexity index is 563. The van der Waals surface area contributed by atoms with Crippen LogP contribution in [-0.4, -0.2) is 26.0 Å². The van der Waals surface area contributed by atoms with Crippen LogP contribution in [-0.2, 0) is 6.42 Å². The molecular weight excluding hydrogens is 464 g/mol. The second kappa shape index (κ2) is 4.96. The van der Waals surface area contributed by atoms with Gasteiger partial charge in [0.2, 0.25) is 0 Å². The fourth-order valence-corrected chi connectivity index (χ4v) is 5.83. The number of hydrogen-bond donors (Lipinski definition) is 1. The first-order chi connectivity index (χ1) is 9.62. The maximum atomic E-state index is 10.6. The van der Waals surface area contributed by atoms with E-state index in [-0.39, 0.29) is 10.2 Å². The number of aliphatic hydroxyl groups excluding tert-OH is 1. The molecular formula is C16H19Br3O2. The molecule has 4 atom stereocenters. The van der Waals surface area contributed by atoms with Gasteiger partial charge in [0.25, 0.3) is 0 Å². The summed E-state index contributed by atoms with van der Waals surface area (Å²) in [6, 6.07) is 6.13. The van der Waals surface area contributed by atoms with Crippen LogP contribution in [0.15, 0.2) is 22.7 Å². The third-order valence-electron chi connectivity index (χ3n) is 5.42. The number of fused-ring (bicyclic) bond motifs is 1. The molecule has 1 saturated carbocycles. The van der Waals surface area contributed by atoms with E-state index in [2.05, 4.69) is 74.6 Å². The van der Waals surface area contributed by atoms with Crippen LogP contribution in [0.5, 0.6) is 5.75 Å². The standard InChI is InChI=1S/C16H19Br3O2/c1-14(2)12(18)7-13(20)15(3,19)16(14)8-9-6-10(17)4-5-11(9)21-16/h4-6,12-13,20H,7-8H2,1-3H3/t12-,13+,15+,16+/m0/s1. The molecule has 0 bridgehead atoms. The number of halogens is 3. The van der Waals surface area contributed by atoms with Gasteiger partial charge in [-0.15, -0.1) is 0 Å². The lowest BCUT2D eigenvalue weighted by atomic mass is 9.58. The second-order valence-corrected chi connectivity index (χ2v) is 10.5. The predicted octanol–water partition coefficient (Wildman–Crippen LogP) is 4.83. The van der Waals surface area contributed by atoms with Crippen molar-refractivity contribution in [2.24, 2.45) is 5.41 Å². The molecule has 0 unspecified atom stereocenters. The summed E-state index contributed by atoms with van der Waals surface area (Å²) in [6.07, 6.45) is 1.03. The minimum absolute atomic E-state index is 0.129. The number of benzene rings is 1. The van der Waals surface area contributed by atoms with Gasteiger partial charge in [0.15, 0.2) is 0 Å². The van der Waals surface area contributed by atoms with E-state index < -0.39 is 16.0 Å². The zero-order chi connectivity index (χ0) is 15.6. The molecule has 2 aliphatic rings. The Morgan fingerprint density at radius 1 is 1.29 bits per heavy atom. The molecule has 5 heteroatoms. The van der Waals surface area contributed by atoms with Gasteiger partial charge in [-0.05, 0) is 37.1 Å². The normalized spacial score (nSPS) is 40.9. The van der Waals surface area contributed by atoms with E-state index in [4.69, 9.17) is 4.74 Å². The molecule has 1 heterocycles. The van der Waals surface area contributed by atoms with E-state index in [1.54, 1.807) is 0 Å². The zero-order valence-electron chi connectivity index (χ0n) is 12.3. The summed E-state index contributed by atoms with van der Waals surface area (Å²) < 4.78 is 7.06. The van der Waals surface area contributed by atoms with Gasteiger partial charge in [-0.3, -0.25) is 0 Å². The summed E-state index contributed by atoms with van der Waals surface area (Å²) in [6.45, 7) is 6.50. The van der Waals surface area contributed by atoms with Crippen molar-refractivity contribution < 1.29 is 9.84 Å². The Morgan fingerprint density at radius 2 is 1.95 bits per heavy atom. The molecule has 1 aliphatic heterocycles. The first-order valence-corrected chi connectivity index (χ1v) is 9.60. The van der Waals surface area contributed by atoms with E-state index in [1.807, 2.05) is 12.1 Å². The van der Waals surface area contributed by atoms with Crippen LogP contribution in [0, 0.1) is 5.41 Å². The van der Waals surface area contributed by atoms with Crippen molar-refractivity contribution in [1.29, 1.82) is 0 Å². The molecule has 116 valence electrons. The lowest BCUT2D eigenvalue weighted by Gasteiger charge is -2.59. The summed E-state index contributed by atoms with van der Waals surface area (Å²) in [7, 11) is 0. The van der Waals surface area contributed by atoms with Crippen molar-refractivity contribution in [2.75, 3.05) is 0 Å². The van der Waals surface area contributed by atoms with Crippen molar-refractivity contribution in [2.45, 2.75) is 54.5 Å². The van der Waals surface area contributed by atoms with Crippen molar-refractivity contribution in [3.63, 3.8) is 0 Å². The summed E-state index contributed by atoms with van der Waals surface area (Å²) in [5.74, 6) is 0.922. The number of aliphatic hydroxyl groups is 1. The van der Waals surface area contributed by atoms with Crippen molar-refractivity contribution in [3.05, 3.63) is 28.2 Å². The zero-order valence-corrected chi connectivity index (χ0v) is 17.0. The van der Waals surface area contributed by atoms with Gasteiger partial charge in [0.05, 0.1) is 10.4 Å². The fourth-order valence-electron chi connectivity index (χ4n) is 3.77. The number of hydrogen-bond acceptors (Lipinski definition) is 2. The Balaban J connectivity index is 2.14. The van der Waals surface area contributed by atoms with Crippen LogP contribution in [0.2, 0.25) is 0 Å². The highest BCUT2D eigenvalue weighted by molar-refractivity contribution is 9.10. The van der Waals surface area contributed by atoms with E-state index in [1.165, 1.54) is 5.56 Å². The highest BCUT2D eigenvalue weighted by atomic mass is 79.9. The summed E-state index contributed by atoms with van der Waals surface area (Å²) in [4.78, 5) is 0.198. The minimum atomic E-state index is -0.501. The fraction of sp³-hybridized carbons (Fsp3) is 0.625. The molecule has 2 nitrogen and oxygen atoms in total. The summed E-state index contributed by atoms with van der Waals surface area (Å²) in [5.41, 5.74) is 0.571. The van der Waals surface area contributed by atoms with Crippen LogP contribution in [0.4, 0.5) is 0 Å². The molecule has 1 N–H and O–H groups in total. The number of rotatable bonds is 0. The van der Waals surface area contributed by atoms with Gasteiger partial charge in [-0.2, -0.15) is 0 Å². The highest BCUT2D eigenvalue weighted by Gasteiger charge is 2.68. The van der Waals surface area contributed by atoms with E-state index in [0.717, 1.165) is 16.6 Å². The molecule has 1 aliphatic carbocycles. The summed E-state index contributed by atoms with van der Waals surface area (Å²) >= 11 is 11.1. The Morgan fingerprint density at radius 3 is 2.62 bits per heavy atom. The minimum Gasteiger partial charge on any atom is -0.484 e. The molecule has 1 aromatic carbocycles. The molecule has 21 heavy (non-hydrogen) atoms. The SMILES string of the molecule is CC1(C)[C@@H](Br)C[C@@H](O)[C@@](C)(Br)[C@@]12Cc1cc(Br)ccc1O2. The van der Waals surface area contributed by atoms with Crippen LogP contribution in [0.3, 0.4) is 0 Å². The average Bonchev–Trinajstić information content (AvgIpc) is 2.77. The smallest absolute Gasteiger partial charge is 0.137 e. The average molecular weight is 483 g/mol. The van der Waals surface area contributed by atoms with Crippen LogP contribution in [0.25, 0.3) is 0 Å². The first kappa shape index (κ1) is 16.3. The van der Waals surface area contributed by atoms with Crippen LogP contribution >= 0.6 is 47.8 Å². The number of ether oxygens (including phenoxy) is 1. The highest BCUT2D eigenvalue weighted by Crippen LogP contribution is 2.61. The van der Waals surface area contributed by atoms with E-state index in [0.29, 0.717) is 6.42 Å². The third-order valence-corrected chi connectivity index (χ3v) is 8.60. The van der Waals surface area contributed by atoms with Crippen molar-refractivity contribution in [1.82, 2.24) is 0 Å². The summed E-state index contributed by atoms with van der Waals surface area (Å²) in [5, 5.41) is 10.6. The molecule has 1 spiro atoms. The molecule has 0 saturated heterocycles. The lowest BCUT2D eigenvalue weighted by Crippen LogP contribution is -2.71. The van der Waals surface area contributed by atoms with Gasteiger partial charge < -0.3 is 9.84 Å². The molecule has 0 radical (unpaired) electrons. The molecule has 0 aromatic heterocycles. The lowest BCUT2D eigenvalue weighted by molar-refractivity contribution is -0.116. The molecule has 3 rings (SSSR count). The first-order valence-electron chi connectivity index (χ1n) is 7.10. The second-order valence-electron chi connectivity index (χ2n) is 6.87. The molecule has 1 fully saturated rings. The van der Waals surface area contributed by atoms with Crippen LogP contribution in [0.1, 0.15) is 32.8 Å². The number of alkyl halides is 2. The Labute approximate surface area is 151 Å². The van der Waals surface area contributed by atoms with Crippen molar-refractivity contribution >= 4 is 47.8 Å². The van der Waals surface area contributed by atoms with Gasteiger partial charge >= 0.3 is 0 Å². The van der Waals surface area contributed by atoms with E-state index >= 15 is 0 Å². The predicted molar refractivity (Wildman–Crippen MR) is 95.7 cm³/mol. The molecule has 0 amide bonds. The Hall–Kier alpha value is 0.420. The van der Waals surface area contributed by atoms with Gasteiger partial charge in [0, 0.05) is 21.1 Å².